The van der Waals surface area contributed by atoms with Crippen LogP contribution in [0, 0.1) is 13.8 Å². The Hall–Kier alpha value is -2.29. The summed E-state index contributed by atoms with van der Waals surface area (Å²) in [7, 11) is 0. The van der Waals surface area contributed by atoms with Crippen molar-refractivity contribution in [3.05, 3.63) is 63.7 Å². The molecule has 2 rings (SSSR count). The van der Waals surface area contributed by atoms with Gasteiger partial charge in [0.15, 0.2) is 0 Å². The molecule has 3 nitrogen and oxygen atoms in total. The number of benzene rings is 2. The van der Waals surface area contributed by atoms with E-state index in [1.807, 2.05) is 12.1 Å². The van der Waals surface area contributed by atoms with E-state index in [2.05, 4.69) is 59.7 Å². The quantitative estimate of drug-likeness (QED) is 0.688. The van der Waals surface area contributed by atoms with Crippen molar-refractivity contribution >= 4 is 5.97 Å². The van der Waals surface area contributed by atoms with Gasteiger partial charge in [0.05, 0.1) is 6.42 Å². The van der Waals surface area contributed by atoms with Crippen LogP contribution in [-0.4, -0.2) is 11.1 Å². The van der Waals surface area contributed by atoms with Crippen LogP contribution in [0.2, 0.25) is 0 Å². The molecule has 2 aromatic carbocycles. The van der Waals surface area contributed by atoms with Crippen molar-refractivity contribution < 1.29 is 14.6 Å². The van der Waals surface area contributed by atoms with Crippen LogP contribution in [0.1, 0.15) is 72.9 Å². The summed E-state index contributed by atoms with van der Waals surface area (Å²) in [4.78, 5) is 11.2. The fourth-order valence-corrected chi connectivity index (χ4v) is 3.35. The Labute approximate surface area is 157 Å². The number of ether oxygens (including phenoxy) is 1. The van der Waals surface area contributed by atoms with E-state index in [1.165, 1.54) is 11.1 Å². The Morgan fingerprint density at radius 1 is 0.885 bits per heavy atom. The van der Waals surface area contributed by atoms with Gasteiger partial charge in [0.2, 0.25) is 0 Å². The van der Waals surface area contributed by atoms with Crippen LogP contribution in [0.3, 0.4) is 0 Å². The summed E-state index contributed by atoms with van der Waals surface area (Å²) in [5, 5.41) is 9.17. The molecule has 0 amide bonds. The van der Waals surface area contributed by atoms with E-state index >= 15 is 0 Å². The molecule has 0 bridgehead atoms. The Kier molecular flexibility index (Phi) is 6.47. The minimum Gasteiger partial charge on any atom is -0.488 e. The van der Waals surface area contributed by atoms with Crippen molar-refractivity contribution in [2.75, 3.05) is 0 Å². The molecule has 0 saturated carbocycles. The van der Waals surface area contributed by atoms with Crippen LogP contribution in [0.4, 0.5) is 0 Å². The van der Waals surface area contributed by atoms with Crippen LogP contribution in [0.15, 0.2) is 30.3 Å². The number of carbonyl (C=O) groups is 1. The number of aryl methyl sites for hydroxylation is 2. The van der Waals surface area contributed by atoms with Crippen molar-refractivity contribution in [1.82, 2.24) is 0 Å². The second-order valence-electron chi connectivity index (χ2n) is 7.77. The van der Waals surface area contributed by atoms with Gasteiger partial charge in [0.25, 0.3) is 0 Å². The molecule has 0 aromatic heterocycles. The van der Waals surface area contributed by atoms with Gasteiger partial charge in [-0.1, -0.05) is 69.2 Å². The lowest BCUT2D eigenvalue weighted by molar-refractivity contribution is -0.136. The summed E-state index contributed by atoms with van der Waals surface area (Å²) in [6.45, 7) is 13.2. The predicted octanol–water partition coefficient (Wildman–Crippen LogP) is 5.76. The average molecular weight is 354 g/mol. The summed E-state index contributed by atoms with van der Waals surface area (Å²) >= 11 is 0. The molecular formula is C23H30O3. The number of rotatable bonds is 7. The summed E-state index contributed by atoms with van der Waals surface area (Å²) in [6.07, 6.45) is 0.0385. The SMILES string of the molecule is Cc1cc(C)cc(COc2c(C(C)C)cc(CC(=O)O)cc2C(C)C)c1. The smallest absolute Gasteiger partial charge is 0.307 e. The molecule has 0 radical (unpaired) electrons. The maximum absolute atomic E-state index is 11.2. The van der Waals surface area contributed by atoms with E-state index in [9.17, 15) is 4.79 Å². The Morgan fingerprint density at radius 2 is 1.38 bits per heavy atom. The van der Waals surface area contributed by atoms with E-state index in [4.69, 9.17) is 9.84 Å². The molecule has 0 heterocycles. The fraction of sp³-hybridized carbons (Fsp3) is 0.435. The van der Waals surface area contributed by atoms with Crippen LogP contribution < -0.4 is 4.74 Å². The number of carboxylic acid groups (broad SMARTS) is 1. The summed E-state index contributed by atoms with van der Waals surface area (Å²) in [6, 6.07) is 10.4. The van der Waals surface area contributed by atoms with Crippen molar-refractivity contribution in [2.45, 2.75) is 66.4 Å². The molecule has 1 N–H and O–H groups in total. The topological polar surface area (TPSA) is 46.5 Å². The molecule has 0 aliphatic carbocycles. The predicted molar refractivity (Wildman–Crippen MR) is 106 cm³/mol. The van der Waals surface area contributed by atoms with E-state index in [0.717, 1.165) is 28.0 Å². The minimum absolute atomic E-state index is 0.0385. The molecular weight excluding hydrogens is 324 g/mol. The minimum atomic E-state index is -0.807. The van der Waals surface area contributed by atoms with Crippen LogP contribution >= 0.6 is 0 Å². The van der Waals surface area contributed by atoms with Gasteiger partial charge in [-0.05, 0) is 47.9 Å². The van der Waals surface area contributed by atoms with Crippen molar-refractivity contribution in [3.63, 3.8) is 0 Å². The first kappa shape index (κ1) is 20.0. The van der Waals surface area contributed by atoms with Gasteiger partial charge in [-0.15, -0.1) is 0 Å². The second kappa shape index (κ2) is 8.39. The third kappa shape index (κ3) is 5.10. The Balaban J connectivity index is 2.42. The lowest BCUT2D eigenvalue weighted by atomic mass is 9.90. The molecule has 2 aromatic rings. The number of carboxylic acids is 1. The third-order valence-electron chi connectivity index (χ3n) is 4.47. The van der Waals surface area contributed by atoms with Crippen LogP contribution in [0.25, 0.3) is 0 Å². The van der Waals surface area contributed by atoms with Gasteiger partial charge in [0, 0.05) is 0 Å². The molecule has 0 saturated heterocycles. The lowest BCUT2D eigenvalue weighted by Crippen LogP contribution is -2.08. The molecule has 0 fully saturated rings. The zero-order valence-corrected chi connectivity index (χ0v) is 16.7. The largest absolute Gasteiger partial charge is 0.488 e. The second-order valence-corrected chi connectivity index (χ2v) is 7.77. The average Bonchev–Trinajstić information content (AvgIpc) is 2.51. The number of hydrogen-bond acceptors (Lipinski definition) is 2. The Bertz CT molecular complexity index is 739. The molecule has 0 aliphatic rings. The van der Waals surface area contributed by atoms with Crippen LogP contribution in [0.5, 0.6) is 5.75 Å². The molecule has 0 spiro atoms. The summed E-state index contributed by atoms with van der Waals surface area (Å²) in [5.41, 5.74) is 6.61. The first-order valence-electron chi connectivity index (χ1n) is 9.25. The summed E-state index contributed by atoms with van der Waals surface area (Å²) < 4.78 is 6.30. The van der Waals surface area contributed by atoms with Gasteiger partial charge in [-0.2, -0.15) is 0 Å². The highest BCUT2D eigenvalue weighted by Crippen LogP contribution is 2.36. The summed E-state index contributed by atoms with van der Waals surface area (Å²) in [5.74, 6) is 0.618. The van der Waals surface area contributed by atoms with E-state index < -0.39 is 5.97 Å². The fourth-order valence-electron chi connectivity index (χ4n) is 3.35. The lowest BCUT2D eigenvalue weighted by Gasteiger charge is -2.22. The van der Waals surface area contributed by atoms with Gasteiger partial charge in [-0.25, -0.2) is 0 Å². The molecule has 3 heteroatoms. The molecule has 0 atom stereocenters. The molecule has 0 aliphatic heterocycles. The number of aliphatic carboxylic acids is 1. The van der Waals surface area contributed by atoms with E-state index in [0.29, 0.717) is 6.61 Å². The number of hydrogen-bond donors (Lipinski definition) is 1. The molecule has 0 unspecified atom stereocenters. The Morgan fingerprint density at radius 3 is 1.81 bits per heavy atom. The highest BCUT2D eigenvalue weighted by Gasteiger charge is 2.18. The van der Waals surface area contributed by atoms with Crippen molar-refractivity contribution in [2.24, 2.45) is 0 Å². The van der Waals surface area contributed by atoms with E-state index in [-0.39, 0.29) is 18.3 Å². The van der Waals surface area contributed by atoms with Crippen LogP contribution in [-0.2, 0) is 17.8 Å². The molecule has 26 heavy (non-hydrogen) atoms. The maximum Gasteiger partial charge on any atom is 0.307 e. The van der Waals surface area contributed by atoms with Crippen molar-refractivity contribution in [3.8, 4) is 5.75 Å². The highest BCUT2D eigenvalue weighted by molar-refractivity contribution is 5.70. The van der Waals surface area contributed by atoms with E-state index in [1.54, 1.807) is 0 Å². The zero-order chi connectivity index (χ0) is 19.4. The monoisotopic (exact) mass is 354 g/mol. The van der Waals surface area contributed by atoms with Gasteiger partial charge >= 0.3 is 5.97 Å². The highest BCUT2D eigenvalue weighted by atomic mass is 16.5. The van der Waals surface area contributed by atoms with Gasteiger partial charge in [0.1, 0.15) is 12.4 Å². The van der Waals surface area contributed by atoms with Gasteiger partial charge < -0.3 is 9.84 Å². The first-order valence-corrected chi connectivity index (χ1v) is 9.25. The van der Waals surface area contributed by atoms with Crippen molar-refractivity contribution in [1.29, 1.82) is 0 Å². The zero-order valence-electron chi connectivity index (χ0n) is 16.7. The standard InChI is InChI=1S/C23H30O3/c1-14(2)20-10-18(12-22(24)25)11-21(15(3)4)23(20)26-13-19-8-16(5)7-17(6)9-19/h7-11,14-15H,12-13H2,1-6H3,(H,24,25). The first-order chi connectivity index (χ1) is 12.2. The van der Waals surface area contributed by atoms with Gasteiger partial charge in [-0.3, -0.25) is 4.79 Å². The maximum atomic E-state index is 11.2. The molecule has 140 valence electrons. The third-order valence-corrected chi connectivity index (χ3v) is 4.47. The normalized spacial score (nSPS) is 11.2.